The number of fused-ring (bicyclic) bond motifs is 1. The van der Waals surface area contributed by atoms with Gasteiger partial charge in [0, 0.05) is 11.6 Å². The van der Waals surface area contributed by atoms with Crippen LogP contribution >= 0.6 is 11.6 Å². The maximum Gasteiger partial charge on any atom is 0.354 e. The molecule has 0 atom stereocenters. The largest absolute Gasteiger partial charge is 0.461 e. The molecule has 5 nitrogen and oxygen atoms in total. The third-order valence-electron chi connectivity index (χ3n) is 1.84. The number of ether oxygens (including phenoxy) is 1. The SMILES string of the molecule is CCOC(=O)c1cc2cnc(Cl)nc2[nH]1. The van der Waals surface area contributed by atoms with E-state index in [2.05, 4.69) is 15.0 Å². The number of halogens is 1. The molecule has 78 valence electrons. The standard InChI is InChI=1S/C9H8ClN3O2/c1-2-15-8(14)6-3-5-4-11-9(10)13-7(5)12-6/h3-4H,2H2,1H3,(H,11,12,13). The molecule has 1 N–H and O–H groups in total. The highest BCUT2D eigenvalue weighted by atomic mass is 35.5. The van der Waals surface area contributed by atoms with Crippen LogP contribution in [0.2, 0.25) is 5.28 Å². The molecule has 0 aromatic carbocycles. The van der Waals surface area contributed by atoms with Gasteiger partial charge in [0.2, 0.25) is 5.28 Å². The van der Waals surface area contributed by atoms with Gasteiger partial charge in [-0.15, -0.1) is 0 Å². The molecule has 6 heteroatoms. The number of esters is 1. The summed E-state index contributed by atoms with van der Waals surface area (Å²) in [6.45, 7) is 2.08. The maximum atomic E-state index is 11.4. The van der Waals surface area contributed by atoms with Crippen LogP contribution in [-0.4, -0.2) is 27.5 Å². The molecule has 2 aromatic heterocycles. The molecule has 0 bridgehead atoms. The van der Waals surface area contributed by atoms with Gasteiger partial charge < -0.3 is 9.72 Å². The van der Waals surface area contributed by atoms with E-state index in [0.717, 1.165) is 5.39 Å². The van der Waals surface area contributed by atoms with E-state index in [9.17, 15) is 4.79 Å². The first-order valence-electron chi connectivity index (χ1n) is 4.39. The smallest absolute Gasteiger partial charge is 0.354 e. The minimum Gasteiger partial charge on any atom is -0.461 e. The van der Waals surface area contributed by atoms with Crippen molar-refractivity contribution in [2.75, 3.05) is 6.61 Å². The van der Waals surface area contributed by atoms with E-state index in [1.54, 1.807) is 19.2 Å². The summed E-state index contributed by atoms with van der Waals surface area (Å²) in [5.74, 6) is -0.411. The molecule has 2 aromatic rings. The molecular formula is C9H8ClN3O2. The van der Waals surface area contributed by atoms with Gasteiger partial charge in [0.25, 0.3) is 0 Å². The van der Waals surface area contributed by atoms with Crippen molar-refractivity contribution in [2.24, 2.45) is 0 Å². The van der Waals surface area contributed by atoms with Gasteiger partial charge in [-0.25, -0.2) is 9.78 Å². The number of aromatic nitrogens is 3. The predicted octanol–water partition coefficient (Wildman–Crippen LogP) is 1.79. The number of H-pyrrole nitrogens is 1. The van der Waals surface area contributed by atoms with Crippen LogP contribution in [0.25, 0.3) is 11.0 Å². The van der Waals surface area contributed by atoms with E-state index in [1.165, 1.54) is 0 Å². The van der Waals surface area contributed by atoms with Crippen LogP contribution in [0.1, 0.15) is 17.4 Å². The van der Waals surface area contributed by atoms with Crippen molar-refractivity contribution < 1.29 is 9.53 Å². The van der Waals surface area contributed by atoms with E-state index in [1.807, 2.05) is 0 Å². The minimum absolute atomic E-state index is 0.139. The second-order valence-electron chi connectivity index (χ2n) is 2.85. The van der Waals surface area contributed by atoms with Gasteiger partial charge in [-0.1, -0.05) is 0 Å². The molecule has 0 unspecified atom stereocenters. The normalized spacial score (nSPS) is 10.5. The average molecular weight is 226 g/mol. The van der Waals surface area contributed by atoms with Gasteiger partial charge in [-0.2, -0.15) is 4.98 Å². The molecule has 0 fully saturated rings. The number of aromatic amines is 1. The topological polar surface area (TPSA) is 67.9 Å². The third kappa shape index (κ3) is 1.92. The van der Waals surface area contributed by atoms with Crippen molar-refractivity contribution in [3.8, 4) is 0 Å². The van der Waals surface area contributed by atoms with Gasteiger partial charge in [0.15, 0.2) is 0 Å². The van der Waals surface area contributed by atoms with Crippen molar-refractivity contribution in [1.82, 2.24) is 15.0 Å². The van der Waals surface area contributed by atoms with Crippen LogP contribution in [0.3, 0.4) is 0 Å². The molecule has 0 saturated heterocycles. The zero-order valence-electron chi connectivity index (χ0n) is 7.95. The number of nitrogens with one attached hydrogen (secondary N) is 1. The molecule has 0 aliphatic heterocycles. The zero-order chi connectivity index (χ0) is 10.8. The molecule has 2 rings (SSSR count). The van der Waals surface area contributed by atoms with E-state index in [-0.39, 0.29) is 5.28 Å². The molecular weight excluding hydrogens is 218 g/mol. The fourth-order valence-corrected chi connectivity index (χ4v) is 1.35. The van der Waals surface area contributed by atoms with Crippen LogP contribution in [0.4, 0.5) is 0 Å². The summed E-state index contributed by atoms with van der Waals surface area (Å²) in [4.78, 5) is 21.9. The van der Waals surface area contributed by atoms with E-state index >= 15 is 0 Å². The first-order valence-corrected chi connectivity index (χ1v) is 4.77. The fourth-order valence-electron chi connectivity index (χ4n) is 1.21. The summed E-state index contributed by atoms with van der Waals surface area (Å²) >= 11 is 5.61. The molecule has 2 heterocycles. The molecule has 0 aliphatic rings. The number of rotatable bonds is 2. The van der Waals surface area contributed by atoms with Crippen LogP contribution < -0.4 is 0 Å². The first kappa shape index (κ1) is 9.92. The lowest BCUT2D eigenvalue weighted by Crippen LogP contribution is -2.04. The summed E-state index contributed by atoms with van der Waals surface area (Å²) in [6.07, 6.45) is 1.55. The Bertz CT molecular complexity index is 509. The molecule has 15 heavy (non-hydrogen) atoms. The van der Waals surface area contributed by atoms with Crippen molar-refractivity contribution >= 4 is 28.6 Å². The lowest BCUT2D eigenvalue weighted by atomic mass is 10.4. The highest BCUT2D eigenvalue weighted by Crippen LogP contribution is 2.14. The van der Waals surface area contributed by atoms with E-state index < -0.39 is 5.97 Å². The second-order valence-corrected chi connectivity index (χ2v) is 3.18. The van der Waals surface area contributed by atoms with E-state index in [0.29, 0.717) is 17.9 Å². The Morgan fingerprint density at radius 1 is 1.67 bits per heavy atom. The lowest BCUT2D eigenvalue weighted by Gasteiger charge is -1.96. The molecule has 0 spiro atoms. The number of carbonyl (C=O) groups excluding carboxylic acids is 1. The third-order valence-corrected chi connectivity index (χ3v) is 2.02. The monoisotopic (exact) mass is 225 g/mol. The van der Waals surface area contributed by atoms with Gasteiger partial charge in [0.1, 0.15) is 11.3 Å². The van der Waals surface area contributed by atoms with Crippen molar-refractivity contribution in [2.45, 2.75) is 6.92 Å². The number of hydrogen-bond acceptors (Lipinski definition) is 4. The molecule has 0 aliphatic carbocycles. The predicted molar refractivity (Wildman–Crippen MR) is 54.9 cm³/mol. The van der Waals surface area contributed by atoms with Crippen molar-refractivity contribution in [3.05, 3.63) is 23.2 Å². The minimum atomic E-state index is -0.411. The Kier molecular flexibility index (Phi) is 2.55. The number of carbonyl (C=O) groups is 1. The highest BCUT2D eigenvalue weighted by Gasteiger charge is 2.11. The molecule has 0 saturated carbocycles. The summed E-state index contributed by atoms with van der Waals surface area (Å²) in [7, 11) is 0. The highest BCUT2D eigenvalue weighted by molar-refractivity contribution is 6.28. The Labute approximate surface area is 90.4 Å². The average Bonchev–Trinajstić information content (AvgIpc) is 2.60. The van der Waals surface area contributed by atoms with E-state index in [4.69, 9.17) is 16.3 Å². The maximum absolute atomic E-state index is 11.4. The van der Waals surface area contributed by atoms with Gasteiger partial charge in [-0.3, -0.25) is 0 Å². The van der Waals surface area contributed by atoms with Gasteiger partial charge in [-0.05, 0) is 24.6 Å². The van der Waals surface area contributed by atoms with Crippen molar-refractivity contribution in [1.29, 1.82) is 0 Å². The Balaban J connectivity index is 2.42. The summed E-state index contributed by atoms with van der Waals surface area (Å²) < 4.78 is 4.84. The summed E-state index contributed by atoms with van der Waals surface area (Å²) in [5, 5.41) is 0.863. The lowest BCUT2D eigenvalue weighted by molar-refractivity contribution is 0.0520. The zero-order valence-corrected chi connectivity index (χ0v) is 8.71. The second kappa shape index (κ2) is 3.86. The molecule has 0 amide bonds. The Hall–Kier alpha value is -1.62. The quantitative estimate of drug-likeness (QED) is 0.625. The molecule has 0 radical (unpaired) electrons. The van der Waals surface area contributed by atoms with Crippen LogP contribution in [0.15, 0.2) is 12.3 Å². The summed E-state index contributed by atoms with van der Waals surface area (Å²) in [6, 6.07) is 1.63. The summed E-state index contributed by atoms with van der Waals surface area (Å²) in [5.41, 5.74) is 0.876. The Morgan fingerprint density at radius 3 is 3.20 bits per heavy atom. The van der Waals surface area contributed by atoms with Crippen molar-refractivity contribution in [3.63, 3.8) is 0 Å². The van der Waals surface area contributed by atoms with Gasteiger partial charge >= 0.3 is 5.97 Å². The first-order chi connectivity index (χ1) is 7.20. The number of hydrogen-bond donors (Lipinski definition) is 1. The van der Waals surface area contributed by atoms with Crippen LogP contribution in [0.5, 0.6) is 0 Å². The number of nitrogens with zero attached hydrogens (tertiary/aromatic N) is 2. The van der Waals surface area contributed by atoms with Gasteiger partial charge in [0.05, 0.1) is 6.61 Å². The Morgan fingerprint density at radius 2 is 2.47 bits per heavy atom. The van der Waals surface area contributed by atoms with Crippen LogP contribution in [0, 0.1) is 0 Å². The van der Waals surface area contributed by atoms with Crippen LogP contribution in [-0.2, 0) is 4.74 Å². The fraction of sp³-hybridized carbons (Fsp3) is 0.222.